The first kappa shape index (κ1) is 44.0. The second-order valence-corrected chi connectivity index (χ2v) is 24.5. The molecule has 10 atom stereocenters. The molecule has 330 valence electrons. The Hall–Kier alpha value is -2.67. The Balaban J connectivity index is 1.02. The molecule has 0 unspecified atom stereocenters. The van der Waals surface area contributed by atoms with E-state index in [0.29, 0.717) is 31.1 Å². The van der Waals surface area contributed by atoms with E-state index in [-0.39, 0.29) is 74.7 Å². The number of amides is 1. The highest BCUT2D eigenvalue weighted by Crippen LogP contribution is 2.76. The third-order valence-corrected chi connectivity index (χ3v) is 20.1. The SMILES string of the molecule is CC(C)C1=C2[C@H]3CC[C@@H]4[C@@]5(C)CC[C@H](OC(=O)[C@H]6C[C@@H](OC=O)C6(C)C)C(C)(C)[C@@H]5CC[C@@]4(C)[C@]3(C)CC[C@@]2(NC(=O)C(C)(C)CCC2(c3ccc(Cl)cc3)CC2)CC1=O. The number of esters is 1. The fourth-order valence-electron chi connectivity index (χ4n) is 15.4. The first-order valence-electron chi connectivity index (χ1n) is 23.6. The summed E-state index contributed by atoms with van der Waals surface area (Å²) < 4.78 is 11.8. The molecular weight excluding hydrogens is 770 g/mol. The van der Waals surface area contributed by atoms with E-state index in [1.807, 2.05) is 26.0 Å². The average molecular weight is 845 g/mol. The summed E-state index contributed by atoms with van der Waals surface area (Å²) in [5, 5.41) is 4.45. The van der Waals surface area contributed by atoms with E-state index in [2.05, 4.69) is 79.8 Å². The lowest BCUT2D eigenvalue weighted by Crippen LogP contribution is -2.67. The monoisotopic (exact) mass is 844 g/mol. The fraction of sp³-hybridized carbons (Fsp3) is 0.769. The Labute approximate surface area is 365 Å². The maximum Gasteiger partial charge on any atom is 0.310 e. The topological polar surface area (TPSA) is 98.8 Å². The Kier molecular flexibility index (Phi) is 10.6. The summed E-state index contributed by atoms with van der Waals surface area (Å²) in [5.74, 6) is 1.15. The molecule has 8 rings (SSSR count). The summed E-state index contributed by atoms with van der Waals surface area (Å²) >= 11 is 6.23. The zero-order chi connectivity index (χ0) is 43.6. The lowest BCUT2D eigenvalue weighted by molar-refractivity contribution is -0.236. The fourth-order valence-corrected chi connectivity index (χ4v) is 15.6. The summed E-state index contributed by atoms with van der Waals surface area (Å²) in [6.45, 7) is 25.5. The predicted octanol–water partition coefficient (Wildman–Crippen LogP) is 11.5. The zero-order valence-corrected chi connectivity index (χ0v) is 39.4. The number of halogens is 1. The number of ether oxygens (including phenoxy) is 2. The van der Waals surface area contributed by atoms with Gasteiger partial charge in [0.05, 0.1) is 11.5 Å². The van der Waals surface area contributed by atoms with Crippen LogP contribution in [-0.4, -0.2) is 41.9 Å². The number of Topliss-reactive ketones (excluding diaryl/α,β-unsaturated/α-hetero) is 1. The lowest BCUT2D eigenvalue weighted by Gasteiger charge is -2.72. The van der Waals surface area contributed by atoms with Gasteiger partial charge in [-0.3, -0.25) is 19.2 Å². The van der Waals surface area contributed by atoms with Gasteiger partial charge in [0.2, 0.25) is 5.91 Å². The van der Waals surface area contributed by atoms with E-state index in [0.717, 1.165) is 87.6 Å². The summed E-state index contributed by atoms with van der Waals surface area (Å²) in [6, 6.07) is 8.27. The van der Waals surface area contributed by atoms with E-state index < -0.39 is 16.4 Å². The van der Waals surface area contributed by atoms with Crippen LogP contribution >= 0.6 is 11.6 Å². The molecular formula is C52H74ClNO6. The van der Waals surface area contributed by atoms with Crippen LogP contribution in [0.1, 0.15) is 172 Å². The van der Waals surface area contributed by atoms with Crippen LogP contribution in [0.4, 0.5) is 0 Å². The zero-order valence-electron chi connectivity index (χ0n) is 38.7. The van der Waals surface area contributed by atoms with Crippen molar-refractivity contribution in [1.29, 1.82) is 0 Å². The molecule has 0 aromatic heterocycles. The Morgan fingerprint density at radius 2 is 1.53 bits per heavy atom. The number of hydrogen-bond acceptors (Lipinski definition) is 6. The normalized spacial score (nSPS) is 39.6. The van der Waals surface area contributed by atoms with Crippen LogP contribution in [0.5, 0.6) is 0 Å². The van der Waals surface area contributed by atoms with Crippen molar-refractivity contribution in [2.45, 2.75) is 189 Å². The van der Waals surface area contributed by atoms with Crippen molar-refractivity contribution in [3.05, 3.63) is 46.0 Å². The summed E-state index contributed by atoms with van der Waals surface area (Å²) in [4.78, 5) is 53.7. The summed E-state index contributed by atoms with van der Waals surface area (Å²) in [7, 11) is 0. The van der Waals surface area contributed by atoms with E-state index in [4.69, 9.17) is 21.1 Å². The molecule has 0 aliphatic heterocycles. The molecule has 0 saturated heterocycles. The Morgan fingerprint density at radius 3 is 2.15 bits per heavy atom. The van der Waals surface area contributed by atoms with E-state index >= 15 is 0 Å². The summed E-state index contributed by atoms with van der Waals surface area (Å²) in [5.41, 5.74) is 2.02. The van der Waals surface area contributed by atoms with Crippen LogP contribution in [0.25, 0.3) is 0 Å². The van der Waals surface area contributed by atoms with E-state index in [9.17, 15) is 19.2 Å². The number of allylic oxidation sites excluding steroid dienone is 1. The molecule has 1 amide bonds. The number of carbonyl (C=O) groups is 4. The average Bonchev–Trinajstić information content (AvgIpc) is 3.90. The van der Waals surface area contributed by atoms with Gasteiger partial charge in [0.1, 0.15) is 12.2 Å². The number of hydrogen-bond donors (Lipinski definition) is 1. The second-order valence-electron chi connectivity index (χ2n) is 24.0. The first-order valence-corrected chi connectivity index (χ1v) is 24.0. The molecule has 1 aromatic carbocycles. The smallest absolute Gasteiger partial charge is 0.310 e. The molecule has 7 nitrogen and oxygen atoms in total. The minimum absolute atomic E-state index is 0.0198. The minimum Gasteiger partial charge on any atom is -0.464 e. The molecule has 8 heteroatoms. The van der Waals surface area contributed by atoms with Crippen molar-refractivity contribution in [3.63, 3.8) is 0 Å². The Morgan fingerprint density at radius 1 is 0.850 bits per heavy atom. The standard InChI is InChI=1S/C52H74ClNO6/c1-31(2)41-36(56)29-52(54-44(58)45(3,4)22-24-51(25-26-51)32-12-14-33(53)15-13-32)27-23-49(10)34(42(41)52)16-17-38-48(9)20-19-39(47(7,8)37(48)18-21-50(38,49)11)60-43(57)35-28-40(59-30-55)46(35,5)6/h12-15,30-31,34-35,37-40H,16-29H2,1-11H3,(H,54,58)/t34-,35-,37+,38-,39+,40-,48+,49-,50-,52-/m1/s1. The largest absolute Gasteiger partial charge is 0.464 e. The number of carbonyl (C=O) groups excluding carboxylic acids is 4. The van der Waals surface area contributed by atoms with Crippen LogP contribution in [0.3, 0.4) is 0 Å². The molecule has 6 fully saturated rings. The van der Waals surface area contributed by atoms with Gasteiger partial charge in [-0.2, -0.15) is 0 Å². The lowest BCUT2D eigenvalue weighted by atomic mass is 9.33. The Bertz CT molecular complexity index is 1960. The van der Waals surface area contributed by atoms with Crippen LogP contribution in [0, 0.1) is 62.1 Å². The van der Waals surface area contributed by atoms with Gasteiger partial charge in [-0.05, 0) is 158 Å². The predicted molar refractivity (Wildman–Crippen MR) is 236 cm³/mol. The van der Waals surface area contributed by atoms with Crippen molar-refractivity contribution >= 4 is 35.7 Å². The molecule has 0 heterocycles. The van der Waals surface area contributed by atoms with Gasteiger partial charge in [0, 0.05) is 27.7 Å². The highest BCUT2D eigenvalue weighted by Gasteiger charge is 2.71. The van der Waals surface area contributed by atoms with Gasteiger partial charge in [-0.1, -0.05) is 99.9 Å². The minimum atomic E-state index is -0.620. The van der Waals surface area contributed by atoms with Crippen LogP contribution in [0.2, 0.25) is 5.02 Å². The van der Waals surface area contributed by atoms with Crippen LogP contribution in [0.15, 0.2) is 35.4 Å². The number of ketones is 1. The molecule has 1 aromatic rings. The third-order valence-electron chi connectivity index (χ3n) is 19.8. The van der Waals surface area contributed by atoms with Crippen molar-refractivity contribution in [1.82, 2.24) is 5.32 Å². The van der Waals surface area contributed by atoms with Gasteiger partial charge in [0.25, 0.3) is 6.47 Å². The van der Waals surface area contributed by atoms with Crippen molar-refractivity contribution in [3.8, 4) is 0 Å². The molecule has 0 radical (unpaired) electrons. The van der Waals surface area contributed by atoms with Crippen LogP contribution in [-0.2, 0) is 34.1 Å². The highest BCUT2D eigenvalue weighted by atomic mass is 35.5. The van der Waals surface area contributed by atoms with Crippen molar-refractivity contribution < 1.29 is 28.7 Å². The van der Waals surface area contributed by atoms with Gasteiger partial charge in [-0.15, -0.1) is 0 Å². The quantitative estimate of drug-likeness (QED) is 0.176. The van der Waals surface area contributed by atoms with E-state index in [1.165, 1.54) is 11.1 Å². The highest BCUT2D eigenvalue weighted by molar-refractivity contribution is 6.30. The maximum absolute atomic E-state index is 14.7. The van der Waals surface area contributed by atoms with Crippen molar-refractivity contribution in [2.75, 3.05) is 0 Å². The molecule has 1 N–H and O–H groups in total. The van der Waals surface area contributed by atoms with Gasteiger partial charge in [-0.25, -0.2) is 0 Å². The molecule has 6 saturated carbocycles. The van der Waals surface area contributed by atoms with E-state index in [1.54, 1.807) is 0 Å². The molecule has 7 aliphatic carbocycles. The molecule has 0 bridgehead atoms. The number of nitrogens with one attached hydrogen (secondary N) is 1. The molecule has 7 aliphatic rings. The molecule has 0 spiro atoms. The maximum atomic E-state index is 14.7. The van der Waals surface area contributed by atoms with Crippen LogP contribution < -0.4 is 5.32 Å². The third kappa shape index (κ3) is 6.43. The van der Waals surface area contributed by atoms with Gasteiger partial charge < -0.3 is 14.8 Å². The summed E-state index contributed by atoms with van der Waals surface area (Å²) in [6.07, 6.45) is 12.5. The number of rotatable bonds is 11. The first-order chi connectivity index (χ1) is 27.9. The number of fused-ring (bicyclic) bond motifs is 7. The van der Waals surface area contributed by atoms with Gasteiger partial charge in [0.15, 0.2) is 5.78 Å². The van der Waals surface area contributed by atoms with Gasteiger partial charge >= 0.3 is 5.97 Å². The van der Waals surface area contributed by atoms with Crippen molar-refractivity contribution in [2.24, 2.45) is 62.1 Å². The second kappa shape index (κ2) is 14.4. The number of benzene rings is 1. The molecule has 60 heavy (non-hydrogen) atoms.